The fourth-order valence-corrected chi connectivity index (χ4v) is 4.79. The van der Waals surface area contributed by atoms with E-state index in [2.05, 4.69) is 0 Å². The van der Waals surface area contributed by atoms with E-state index in [9.17, 15) is 26.3 Å². The van der Waals surface area contributed by atoms with E-state index in [0.717, 1.165) is 17.6 Å². The molecular formula is C22H13F6N. The number of aromatic nitrogens is 1. The Kier molecular flexibility index (Phi) is 3.33. The van der Waals surface area contributed by atoms with Crippen LogP contribution in [0.15, 0.2) is 60.7 Å². The van der Waals surface area contributed by atoms with Gasteiger partial charge in [0.1, 0.15) is 0 Å². The van der Waals surface area contributed by atoms with Crippen molar-refractivity contribution in [1.29, 1.82) is 0 Å². The van der Waals surface area contributed by atoms with Crippen LogP contribution in [0.25, 0.3) is 32.9 Å². The van der Waals surface area contributed by atoms with Crippen molar-refractivity contribution in [2.24, 2.45) is 7.05 Å². The fourth-order valence-electron chi connectivity index (χ4n) is 4.79. The summed E-state index contributed by atoms with van der Waals surface area (Å²) in [5, 5.41) is 1.03. The lowest BCUT2D eigenvalue weighted by Crippen LogP contribution is -2.53. The van der Waals surface area contributed by atoms with Gasteiger partial charge in [0.25, 0.3) is 0 Å². The molecule has 4 aromatic rings. The van der Waals surface area contributed by atoms with Crippen LogP contribution in [0.2, 0.25) is 0 Å². The van der Waals surface area contributed by atoms with Gasteiger partial charge in [0.05, 0.1) is 0 Å². The number of halogens is 6. The van der Waals surface area contributed by atoms with Gasteiger partial charge in [-0.05, 0) is 34.4 Å². The molecule has 0 amide bonds. The number of para-hydroxylation sites is 1. The second-order valence-corrected chi connectivity index (χ2v) is 7.25. The standard InChI is InChI=1S/C22H13F6N/c1-29-16-9-5-3-7-13(16)19-17(29)11-10-15-18(19)12-6-2-4-8-14(12)20(15,21(23,24)25)22(26,27)28/h2-11H,1H3. The molecule has 1 heterocycles. The van der Waals surface area contributed by atoms with Crippen molar-refractivity contribution < 1.29 is 26.3 Å². The summed E-state index contributed by atoms with van der Waals surface area (Å²) >= 11 is 0. The van der Waals surface area contributed by atoms with E-state index >= 15 is 0 Å². The number of fused-ring (bicyclic) bond motifs is 7. The zero-order valence-corrected chi connectivity index (χ0v) is 15.0. The summed E-state index contributed by atoms with van der Waals surface area (Å²) in [4.78, 5) is 0. The first kappa shape index (κ1) is 18.1. The molecule has 7 heteroatoms. The summed E-state index contributed by atoms with van der Waals surface area (Å²) in [5.74, 6) is 0. The first-order valence-electron chi connectivity index (χ1n) is 8.84. The maximum Gasteiger partial charge on any atom is 0.411 e. The summed E-state index contributed by atoms with van der Waals surface area (Å²) in [5.41, 5.74) is -4.29. The molecule has 0 spiro atoms. The van der Waals surface area contributed by atoms with Crippen LogP contribution in [0.5, 0.6) is 0 Å². The maximum absolute atomic E-state index is 14.3. The highest BCUT2D eigenvalue weighted by atomic mass is 19.4. The van der Waals surface area contributed by atoms with Crippen LogP contribution in [0.3, 0.4) is 0 Å². The molecule has 148 valence electrons. The van der Waals surface area contributed by atoms with Crippen LogP contribution in [-0.4, -0.2) is 16.9 Å². The molecule has 1 aromatic heterocycles. The van der Waals surface area contributed by atoms with Crippen LogP contribution in [-0.2, 0) is 12.5 Å². The van der Waals surface area contributed by atoms with Crippen molar-refractivity contribution in [2.75, 3.05) is 0 Å². The third kappa shape index (κ3) is 1.97. The first-order chi connectivity index (χ1) is 13.6. The predicted octanol–water partition coefficient (Wildman–Crippen LogP) is 6.72. The van der Waals surface area contributed by atoms with Gasteiger partial charge < -0.3 is 4.57 Å². The lowest BCUT2D eigenvalue weighted by molar-refractivity contribution is -0.287. The number of alkyl halides is 6. The molecule has 1 nitrogen and oxygen atoms in total. The van der Waals surface area contributed by atoms with Gasteiger partial charge in [-0.25, -0.2) is 0 Å². The summed E-state index contributed by atoms with van der Waals surface area (Å²) in [6.07, 6.45) is -11.1. The monoisotopic (exact) mass is 405 g/mol. The number of hydrogen-bond acceptors (Lipinski definition) is 0. The SMILES string of the molecule is Cn1c2ccccc2c2c3c(ccc21)C(C(F)(F)F)(C(F)(F)F)c1ccccc1-3. The number of rotatable bonds is 0. The van der Waals surface area contributed by atoms with Gasteiger partial charge in [0.15, 0.2) is 0 Å². The van der Waals surface area contributed by atoms with Gasteiger partial charge in [0.2, 0.25) is 5.41 Å². The van der Waals surface area contributed by atoms with Crippen molar-refractivity contribution in [2.45, 2.75) is 17.8 Å². The van der Waals surface area contributed by atoms with Crippen molar-refractivity contribution >= 4 is 21.8 Å². The first-order valence-corrected chi connectivity index (χ1v) is 8.84. The van der Waals surface area contributed by atoms with Gasteiger partial charge >= 0.3 is 12.4 Å². The largest absolute Gasteiger partial charge is 0.411 e. The minimum atomic E-state index is -5.55. The molecule has 0 atom stereocenters. The highest BCUT2D eigenvalue weighted by Gasteiger charge is 2.75. The Bertz CT molecular complexity index is 1280. The van der Waals surface area contributed by atoms with E-state index in [1.807, 2.05) is 0 Å². The van der Waals surface area contributed by atoms with Crippen LogP contribution >= 0.6 is 0 Å². The molecule has 0 saturated carbocycles. The Morgan fingerprint density at radius 2 is 1.31 bits per heavy atom. The highest BCUT2D eigenvalue weighted by molar-refractivity contribution is 6.17. The van der Waals surface area contributed by atoms with Crippen LogP contribution in [0.4, 0.5) is 26.3 Å². The molecule has 0 fully saturated rings. The minimum absolute atomic E-state index is 0.00421. The third-order valence-electron chi connectivity index (χ3n) is 5.93. The minimum Gasteiger partial charge on any atom is -0.344 e. The van der Waals surface area contributed by atoms with E-state index in [4.69, 9.17) is 0 Å². The third-order valence-corrected chi connectivity index (χ3v) is 5.93. The average molecular weight is 405 g/mol. The number of hydrogen-bond donors (Lipinski definition) is 0. The van der Waals surface area contributed by atoms with E-state index < -0.39 is 28.9 Å². The molecule has 0 bridgehead atoms. The second kappa shape index (κ2) is 5.34. The molecule has 1 aliphatic carbocycles. The van der Waals surface area contributed by atoms with Gasteiger partial charge in [0, 0.05) is 28.9 Å². The molecule has 0 N–H and O–H groups in total. The highest BCUT2D eigenvalue weighted by Crippen LogP contribution is 2.64. The molecule has 0 aliphatic heterocycles. The maximum atomic E-state index is 14.3. The zero-order chi connectivity index (χ0) is 20.8. The van der Waals surface area contributed by atoms with Crippen molar-refractivity contribution in [1.82, 2.24) is 4.57 Å². The molecule has 5 rings (SSSR count). The van der Waals surface area contributed by atoms with Crippen molar-refractivity contribution in [3.05, 3.63) is 71.8 Å². The zero-order valence-electron chi connectivity index (χ0n) is 15.0. The smallest absolute Gasteiger partial charge is 0.344 e. The second-order valence-electron chi connectivity index (χ2n) is 7.25. The molecule has 3 aromatic carbocycles. The summed E-state index contributed by atoms with van der Waals surface area (Å²) < 4.78 is 87.4. The Balaban J connectivity index is 2.08. The predicted molar refractivity (Wildman–Crippen MR) is 98.8 cm³/mol. The molecule has 0 saturated heterocycles. The quantitative estimate of drug-likeness (QED) is 0.286. The lowest BCUT2D eigenvalue weighted by atomic mass is 9.76. The summed E-state index contributed by atoms with van der Waals surface area (Å²) in [6.45, 7) is 0. The van der Waals surface area contributed by atoms with E-state index in [1.54, 1.807) is 35.9 Å². The number of benzene rings is 3. The van der Waals surface area contributed by atoms with E-state index in [1.165, 1.54) is 24.3 Å². The lowest BCUT2D eigenvalue weighted by Gasteiger charge is -2.35. The van der Waals surface area contributed by atoms with Gasteiger partial charge in [-0.2, -0.15) is 26.3 Å². The number of nitrogens with zero attached hydrogens (tertiary/aromatic N) is 1. The van der Waals surface area contributed by atoms with Gasteiger partial charge in [-0.3, -0.25) is 0 Å². The summed E-state index contributed by atoms with van der Waals surface area (Å²) in [6, 6.07) is 14.3. The van der Waals surface area contributed by atoms with Crippen LogP contribution in [0, 0.1) is 0 Å². The Morgan fingerprint density at radius 3 is 2.00 bits per heavy atom. The van der Waals surface area contributed by atoms with Gasteiger partial charge in [-0.15, -0.1) is 0 Å². The summed E-state index contributed by atoms with van der Waals surface area (Å²) in [7, 11) is 1.75. The molecule has 0 radical (unpaired) electrons. The molecule has 0 unspecified atom stereocenters. The fraction of sp³-hybridized carbons (Fsp3) is 0.182. The topological polar surface area (TPSA) is 4.93 Å². The average Bonchev–Trinajstić information content (AvgIpc) is 3.12. The van der Waals surface area contributed by atoms with Crippen molar-refractivity contribution in [3.8, 4) is 11.1 Å². The molecular weight excluding hydrogens is 392 g/mol. The van der Waals surface area contributed by atoms with Crippen molar-refractivity contribution in [3.63, 3.8) is 0 Å². The van der Waals surface area contributed by atoms with E-state index in [0.29, 0.717) is 16.3 Å². The van der Waals surface area contributed by atoms with Crippen LogP contribution in [0.1, 0.15) is 11.1 Å². The van der Waals surface area contributed by atoms with Gasteiger partial charge in [-0.1, -0.05) is 48.5 Å². The number of aryl methyl sites for hydroxylation is 1. The normalized spacial score (nSPS) is 15.7. The Labute approximate surface area is 161 Å². The Morgan fingerprint density at radius 1 is 0.690 bits per heavy atom. The molecule has 1 aliphatic rings. The van der Waals surface area contributed by atoms with Crippen LogP contribution < -0.4 is 0 Å². The van der Waals surface area contributed by atoms with E-state index in [-0.39, 0.29) is 11.1 Å². The molecule has 29 heavy (non-hydrogen) atoms. The Hall–Kier alpha value is -2.96.